The van der Waals surface area contributed by atoms with E-state index in [1.165, 1.54) is 24.1 Å². The minimum absolute atomic E-state index is 0.604. The first-order valence-corrected chi connectivity index (χ1v) is 7.75. The average Bonchev–Trinajstić information content (AvgIpc) is 2.52. The van der Waals surface area contributed by atoms with Gasteiger partial charge in [-0.25, -0.2) is 0 Å². The highest BCUT2D eigenvalue weighted by Gasteiger charge is 2.03. The smallest absolute Gasteiger partial charge is 0.107 e. The van der Waals surface area contributed by atoms with Gasteiger partial charge in [-0.3, -0.25) is 0 Å². The lowest BCUT2D eigenvalue weighted by Gasteiger charge is -2.06. The zero-order valence-electron chi connectivity index (χ0n) is 9.85. The Morgan fingerprint density at radius 2 is 2.12 bits per heavy atom. The highest BCUT2D eigenvalue weighted by Crippen LogP contribution is 2.32. The van der Waals surface area contributed by atoms with Gasteiger partial charge in [-0.2, -0.15) is 0 Å². The van der Waals surface area contributed by atoms with Crippen molar-refractivity contribution in [3.8, 4) is 0 Å². The molecule has 1 rings (SSSR count). The molecule has 92 valence electrons. The van der Waals surface area contributed by atoms with Crippen molar-refractivity contribution in [2.24, 2.45) is 0 Å². The molecule has 4 heteroatoms. The summed E-state index contributed by atoms with van der Waals surface area (Å²) in [5, 5.41) is 3.43. The first-order valence-electron chi connectivity index (χ1n) is 5.76. The van der Waals surface area contributed by atoms with Gasteiger partial charge in [0.25, 0.3) is 0 Å². The Kier molecular flexibility index (Phi) is 6.97. The maximum atomic E-state index is 5.99. The van der Waals surface area contributed by atoms with Crippen molar-refractivity contribution >= 4 is 38.9 Å². The van der Waals surface area contributed by atoms with Crippen LogP contribution in [-0.4, -0.2) is 12.6 Å². The Labute approximate surface area is 116 Å². The van der Waals surface area contributed by atoms with Gasteiger partial charge in [0.2, 0.25) is 0 Å². The first kappa shape index (κ1) is 14.5. The van der Waals surface area contributed by atoms with Crippen LogP contribution in [0.4, 0.5) is 0 Å². The van der Waals surface area contributed by atoms with Crippen LogP contribution >= 0.6 is 38.9 Å². The van der Waals surface area contributed by atoms with E-state index in [0.29, 0.717) is 6.04 Å². The van der Waals surface area contributed by atoms with Crippen molar-refractivity contribution in [2.45, 2.75) is 45.6 Å². The molecule has 0 atom stereocenters. The number of hydrogen-bond donors (Lipinski definition) is 1. The SMILES string of the molecule is CC(C)NCCCCCc1cc(Br)c(Cl)s1. The van der Waals surface area contributed by atoms with Gasteiger partial charge in [0.15, 0.2) is 0 Å². The number of hydrogen-bond acceptors (Lipinski definition) is 2. The number of rotatable bonds is 7. The van der Waals surface area contributed by atoms with Gasteiger partial charge in [-0.1, -0.05) is 31.9 Å². The second-order valence-corrected chi connectivity index (χ2v) is 6.85. The molecule has 0 fully saturated rings. The predicted octanol–water partition coefficient (Wildman–Crippen LogP) is 4.87. The number of thiophene rings is 1. The summed E-state index contributed by atoms with van der Waals surface area (Å²) in [4.78, 5) is 1.38. The molecule has 0 aliphatic carbocycles. The Balaban J connectivity index is 2.07. The molecule has 0 unspecified atom stereocenters. The van der Waals surface area contributed by atoms with E-state index in [1.807, 2.05) is 0 Å². The summed E-state index contributed by atoms with van der Waals surface area (Å²) in [5.41, 5.74) is 0. The van der Waals surface area contributed by atoms with Gasteiger partial charge in [0.05, 0.1) is 0 Å². The number of unbranched alkanes of at least 4 members (excludes halogenated alkanes) is 2. The minimum Gasteiger partial charge on any atom is -0.315 e. The predicted molar refractivity (Wildman–Crippen MR) is 77.7 cm³/mol. The highest BCUT2D eigenvalue weighted by atomic mass is 79.9. The molecule has 1 aromatic rings. The molecule has 0 spiro atoms. The van der Waals surface area contributed by atoms with E-state index < -0.39 is 0 Å². The van der Waals surface area contributed by atoms with Crippen LogP contribution in [0.3, 0.4) is 0 Å². The molecule has 0 radical (unpaired) electrons. The van der Waals surface area contributed by atoms with Gasteiger partial charge < -0.3 is 5.32 Å². The van der Waals surface area contributed by atoms with Crippen LogP contribution in [0, 0.1) is 0 Å². The van der Waals surface area contributed by atoms with Crippen molar-refractivity contribution in [3.05, 3.63) is 19.8 Å². The van der Waals surface area contributed by atoms with Crippen LogP contribution < -0.4 is 5.32 Å². The topological polar surface area (TPSA) is 12.0 Å². The average molecular weight is 325 g/mol. The second kappa shape index (κ2) is 7.70. The number of halogens is 2. The van der Waals surface area contributed by atoms with E-state index in [9.17, 15) is 0 Å². The second-order valence-electron chi connectivity index (χ2n) is 4.25. The van der Waals surface area contributed by atoms with Crippen LogP contribution in [0.5, 0.6) is 0 Å². The third-order valence-corrected chi connectivity index (χ3v) is 4.88. The molecule has 1 nitrogen and oxygen atoms in total. The third kappa shape index (κ3) is 5.67. The summed E-state index contributed by atoms with van der Waals surface area (Å²) in [7, 11) is 0. The molecule has 0 aliphatic rings. The molecule has 16 heavy (non-hydrogen) atoms. The van der Waals surface area contributed by atoms with Crippen LogP contribution in [0.2, 0.25) is 4.34 Å². The van der Waals surface area contributed by atoms with Crippen molar-refractivity contribution in [2.75, 3.05) is 6.54 Å². The zero-order valence-corrected chi connectivity index (χ0v) is 13.0. The Bertz CT molecular complexity index is 292. The van der Waals surface area contributed by atoms with Crippen molar-refractivity contribution < 1.29 is 0 Å². The fraction of sp³-hybridized carbons (Fsp3) is 0.667. The quantitative estimate of drug-likeness (QED) is 0.705. The molecule has 1 aromatic heterocycles. The van der Waals surface area contributed by atoms with E-state index in [1.54, 1.807) is 11.3 Å². The molecule has 0 bridgehead atoms. The minimum atomic E-state index is 0.604. The summed E-state index contributed by atoms with van der Waals surface area (Å²) in [6.45, 7) is 5.50. The monoisotopic (exact) mass is 323 g/mol. The zero-order chi connectivity index (χ0) is 12.0. The van der Waals surface area contributed by atoms with E-state index in [2.05, 4.69) is 41.2 Å². The summed E-state index contributed by atoms with van der Waals surface area (Å²) < 4.78 is 1.91. The summed E-state index contributed by atoms with van der Waals surface area (Å²) in [6.07, 6.45) is 4.95. The van der Waals surface area contributed by atoms with Crippen LogP contribution in [0.25, 0.3) is 0 Å². The van der Waals surface area contributed by atoms with E-state index >= 15 is 0 Å². The van der Waals surface area contributed by atoms with Gasteiger partial charge >= 0.3 is 0 Å². The number of aryl methyl sites for hydroxylation is 1. The van der Waals surface area contributed by atoms with Gasteiger partial charge in [-0.05, 0) is 47.8 Å². The lowest BCUT2D eigenvalue weighted by atomic mass is 10.1. The van der Waals surface area contributed by atoms with Crippen molar-refractivity contribution in [1.29, 1.82) is 0 Å². The Morgan fingerprint density at radius 3 is 2.69 bits per heavy atom. The van der Waals surface area contributed by atoms with Crippen LogP contribution in [-0.2, 0) is 6.42 Å². The van der Waals surface area contributed by atoms with Gasteiger partial charge in [0, 0.05) is 15.4 Å². The van der Waals surface area contributed by atoms with Gasteiger partial charge in [-0.15, -0.1) is 11.3 Å². The van der Waals surface area contributed by atoms with E-state index in [4.69, 9.17) is 11.6 Å². The lowest BCUT2D eigenvalue weighted by molar-refractivity contribution is 0.549. The highest BCUT2D eigenvalue weighted by molar-refractivity contribution is 9.10. The largest absolute Gasteiger partial charge is 0.315 e. The molecule has 0 aromatic carbocycles. The van der Waals surface area contributed by atoms with E-state index in [0.717, 1.165) is 21.8 Å². The molecular formula is C12H19BrClNS. The van der Waals surface area contributed by atoms with E-state index in [-0.39, 0.29) is 0 Å². The molecule has 0 amide bonds. The van der Waals surface area contributed by atoms with Crippen molar-refractivity contribution in [1.82, 2.24) is 5.32 Å². The molecule has 0 aliphatic heterocycles. The summed E-state index contributed by atoms with van der Waals surface area (Å²) in [5.74, 6) is 0. The van der Waals surface area contributed by atoms with Crippen LogP contribution in [0.15, 0.2) is 10.5 Å². The fourth-order valence-electron chi connectivity index (χ4n) is 1.51. The van der Waals surface area contributed by atoms with Crippen molar-refractivity contribution in [3.63, 3.8) is 0 Å². The maximum absolute atomic E-state index is 5.99. The Morgan fingerprint density at radius 1 is 1.38 bits per heavy atom. The number of nitrogens with one attached hydrogen (secondary N) is 1. The first-order chi connectivity index (χ1) is 7.59. The molecular weight excluding hydrogens is 306 g/mol. The van der Waals surface area contributed by atoms with Gasteiger partial charge in [0.1, 0.15) is 4.34 Å². The molecule has 1 N–H and O–H groups in total. The third-order valence-electron chi connectivity index (χ3n) is 2.35. The summed E-state index contributed by atoms with van der Waals surface area (Å²) >= 11 is 11.1. The summed E-state index contributed by atoms with van der Waals surface area (Å²) in [6, 6.07) is 2.74. The molecule has 0 saturated heterocycles. The molecule has 0 saturated carbocycles. The Hall–Kier alpha value is 0.430. The standard InChI is InChI=1S/C12H19BrClNS/c1-9(2)15-7-5-3-4-6-10-8-11(13)12(14)16-10/h8-9,15H,3-7H2,1-2H3. The normalized spacial score (nSPS) is 11.3. The fourth-order valence-corrected chi connectivity index (χ4v) is 3.34. The van der Waals surface area contributed by atoms with Crippen LogP contribution in [0.1, 0.15) is 38.0 Å². The maximum Gasteiger partial charge on any atom is 0.107 e. The lowest BCUT2D eigenvalue weighted by Crippen LogP contribution is -2.23. The molecule has 1 heterocycles.